The van der Waals surface area contributed by atoms with Gasteiger partial charge in [0.2, 0.25) is 0 Å². The van der Waals surface area contributed by atoms with E-state index in [1.165, 1.54) is 0 Å². The molecule has 0 bridgehead atoms. The second-order valence-corrected chi connectivity index (χ2v) is 6.12. The molecule has 0 unspecified atom stereocenters. The number of aryl methyl sites for hydroxylation is 1. The number of anilines is 2. The highest BCUT2D eigenvalue weighted by Gasteiger charge is 2.17. The number of hydrogen-bond donors (Lipinski definition) is 2. The van der Waals surface area contributed by atoms with Gasteiger partial charge in [-0.3, -0.25) is 4.79 Å². The molecular weight excluding hydrogens is 302 g/mol. The van der Waals surface area contributed by atoms with Crippen LogP contribution >= 0.6 is 0 Å². The zero-order valence-corrected chi connectivity index (χ0v) is 13.9. The number of hydrogen-bond acceptors (Lipinski definition) is 4. The first kappa shape index (κ1) is 16.5. The Kier molecular flexibility index (Phi) is 5.11. The number of amides is 1. The average molecular weight is 325 g/mol. The van der Waals surface area contributed by atoms with Gasteiger partial charge >= 0.3 is 0 Å². The minimum absolute atomic E-state index is 0.160. The molecule has 0 saturated carbocycles. The van der Waals surface area contributed by atoms with Crippen molar-refractivity contribution in [2.45, 2.75) is 32.3 Å². The predicted octanol–water partition coefficient (Wildman–Crippen LogP) is 2.86. The molecule has 2 heterocycles. The van der Waals surface area contributed by atoms with E-state index < -0.39 is 0 Å². The summed E-state index contributed by atoms with van der Waals surface area (Å²) in [5, 5.41) is 12.4. The summed E-state index contributed by atoms with van der Waals surface area (Å²) >= 11 is 0. The van der Waals surface area contributed by atoms with Crippen molar-refractivity contribution in [3.63, 3.8) is 0 Å². The van der Waals surface area contributed by atoms with E-state index in [1.807, 2.05) is 36.4 Å². The van der Waals surface area contributed by atoms with Crippen molar-refractivity contribution in [3.05, 3.63) is 53.7 Å². The molecule has 2 N–H and O–H groups in total. The van der Waals surface area contributed by atoms with E-state index in [0.717, 1.165) is 43.6 Å². The Bertz CT molecular complexity index is 675. The van der Waals surface area contributed by atoms with Crippen LogP contribution in [0.15, 0.2) is 42.6 Å². The summed E-state index contributed by atoms with van der Waals surface area (Å²) in [6, 6.07) is 11.4. The molecule has 3 rings (SSSR count). The fourth-order valence-corrected chi connectivity index (χ4v) is 2.84. The van der Waals surface area contributed by atoms with Crippen molar-refractivity contribution in [2.24, 2.45) is 0 Å². The molecule has 1 aromatic carbocycles. The number of aromatic nitrogens is 1. The Morgan fingerprint density at radius 1 is 1.21 bits per heavy atom. The molecule has 5 nitrogen and oxygen atoms in total. The highest BCUT2D eigenvalue weighted by Crippen LogP contribution is 2.21. The summed E-state index contributed by atoms with van der Waals surface area (Å²) < 4.78 is 0. The maximum atomic E-state index is 12.3. The average Bonchev–Trinajstić information content (AvgIpc) is 2.63. The van der Waals surface area contributed by atoms with Gasteiger partial charge in [0.25, 0.3) is 5.91 Å². The lowest BCUT2D eigenvalue weighted by molar-refractivity contribution is 0.102. The minimum atomic E-state index is -0.183. The van der Waals surface area contributed by atoms with Crippen molar-refractivity contribution >= 4 is 17.4 Å². The smallest absolute Gasteiger partial charge is 0.256 e. The molecule has 1 aliphatic heterocycles. The van der Waals surface area contributed by atoms with E-state index in [2.05, 4.69) is 22.1 Å². The van der Waals surface area contributed by atoms with E-state index in [-0.39, 0.29) is 12.0 Å². The van der Waals surface area contributed by atoms with Gasteiger partial charge in [-0.1, -0.05) is 13.0 Å². The summed E-state index contributed by atoms with van der Waals surface area (Å²) in [6.45, 7) is 3.76. The molecule has 0 atom stereocenters. The SMILES string of the molecule is CCc1ccc(NC(=O)c2ccc(N3CCC(O)CC3)cc2)nc1. The van der Waals surface area contributed by atoms with Crippen LogP contribution in [0.5, 0.6) is 0 Å². The van der Waals surface area contributed by atoms with Crippen molar-refractivity contribution < 1.29 is 9.90 Å². The molecule has 5 heteroatoms. The number of rotatable bonds is 4. The predicted molar refractivity (Wildman–Crippen MR) is 95.5 cm³/mol. The molecule has 24 heavy (non-hydrogen) atoms. The van der Waals surface area contributed by atoms with Crippen LogP contribution in [-0.4, -0.2) is 35.2 Å². The number of nitrogens with one attached hydrogen (secondary N) is 1. The quantitative estimate of drug-likeness (QED) is 0.907. The van der Waals surface area contributed by atoms with Gasteiger partial charge in [-0.05, 0) is 55.2 Å². The third-order valence-electron chi connectivity index (χ3n) is 4.43. The molecule has 1 amide bonds. The molecule has 2 aromatic rings. The van der Waals surface area contributed by atoms with Crippen molar-refractivity contribution in [3.8, 4) is 0 Å². The summed E-state index contributed by atoms with van der Waals surface area (Å²) in [5.74, 6) is 0.402. The fraction of sp³-hybridized carbons (Fsp3) is 0.368. The Hall–Kier alpha value is -2.40. The highest BCUT2D eigenvalue weighted by atomic mass is 16.3. The molecule has 0 aliphatic carbocycles. The van der Waals surface area contributed by atoms with Gasteiger partial charge in [0.05, 0.1) is 6.10 Å². The third-order valence-corrected chi connectivity index (χ3v) is 4.43. The van der Waals surface area contributed by atoms with E-state index in [0.29, 0.717) is 11.4 Å². The summed E-state index contributed by atoms with van der Waals surface area (Å²) in [6.07, 6.45) is 4.11. The number of carbonyl (C=O) groups is 1. The normalized spacial score (nSPS) is 15.3. The van der Waals surface area contributed by atoms with Crippen LogP contribution < -0.4 is 10.2 Å². The zero-order chi connectivity index (χ0) is 16.9. The van der Waals surface area contributed by atoms with Crippen LogP contribution in [0.4, 0.5) is 11.5 Å². The van der Waals surface area contributed by atoms with Gasteiger partial charge < -0.3 is 15.3 Å². The maximum Gasteiger partial charge on any atom is 0.256 e. The van der Waals surface area contributed by atoms with Crippen LogP contribution in [-0.2, 0) is 6.42 Å². The first-order valence-electron chi connectivity index (χ1n) is 8.45. The Balaban J connectivity index is 1.62. The number of pyridine rings is 1. The number of carbonyl (C=O) groups excluding carboxylic acids is 1. The van der Waals surface area contributed by atoms with Crippen LogP contribution in [0.25, 0.3) is 0 Å². The van der Waals surface area contributed by atoms with Gasteiger partial charge in [0, 0.05) is 30.5 Å². The number of aliphatic hydroxyl groups excluding tert-OH is 1. The lowest BCUT2D eigenvalue weighted by atomic mass is 10.1. The summed E-state index contributed by atoms with van der Waals surface area (Å²) in [4.78, 5) is 18.8. The Labute approximate surface area is 142 Å². The molecule has 126 valence electrons. The zero-order valence-electron chi connectivity index (χ0n) is 13.9. The van der Waals surface area contributed by atoms with E-state index in [4.69, 9.17) is 0 Å². The molecule has 1 aromatic heterocycles. The van der Waals surface area contributed by atoms with Crippen molar-refractivity contribution in [1.82, 2.24) is 4.98 Å². The standard InChI is InChI=1S/C19H23N3O2/c1-2-14-3-8-18(20-13-14)21-19(24)15-4-6-16(7-5-15)22-11-9-17(23)10-12-22/h3-8,13,17,23H,2,9-12H2,1H3,(H,20,21,24). The van der Waals surface area contributed by atoms with Gasteiger partial charge in [0.1, 0.15) is 5.82 Å². The maximum absolute atomic E-state index is 12.3. The number of piperidine rings is 1. The topological polar surface area (TPSA) is 65.5 Å². The van der Waals surface area contributed by atoms with E-state index in [1.54, 1.807) is 6.20 Å². The lowest BCUT2D eigenvalue weighted by Gasteiger charge is -2.31. The van der Waals surface area contributed by atoms with Gasteiger partial charge in [-0.15, -0.1) is 0 Å². The number of nitrogens with zero attached hydrogens (tertiary/aromatic N) is 2. The number of aliphatic hydroxyl groups is 1. The van der Waals surface area contributed by atoms with Crippen molar-refractivity contribution in [2.75, 3.05) is 23.3 Å². The fourth-order valence-electron chi connectivity index (χ4n) is 2.84. The first-order chi connectivity index (χ1) is 11.7. The van der Waals surface area contributed by atoms with Gasteiger partial charge in [-0.25, -0.2) is 4.98 Å². The molecule has 1 fully saturated rings. The second kappa shape index (κ2) is 7.45. The van der Waals surface area contributed by atoms with Crippen LogP contribution in [0.2, 0.25) is 0 Å². The Morgan fingerprint density at radius 2 is 1.92 bits per heavy atom. The first-order valence-corrected chi connectivity index (χ1v) is 8.45. The molecule has 1 aliphatic rings. The summed E-state index contributed by atoms with van der Waals surface area (Å²) in [5.41, 5.74) is 2.84. The van der Waals surface area contributed by atoms with Crippen LogP contribution in [0, 0.1) is 0 Å². The molecule has 0 spiro atoms. The van der Waals surface area contributed by atoms with E-state index >= 15 is 0 Å². The van der Waals surface area contributed by atoms with Crippen LogP contribution in [0.1, 0.15) is 35.7 Å². The van der Waals surface area contributed by atoms with Crippen LogP contribution in [0.3, 0.4) is 0 Å². The Morgan fingerprint density at radius 3 is 2.50 bits per heavy atom. The van der Waals surface area contributed by atoms with Gasteiger partial charge in [0.15, 0.2) is 0 Å². The molecule has 1 saturated heterocycles. The monoisotopic (exact) mass is 325 g/mol. The van der Waals surface area contributed by atoms with E-state index in [9.17, 15) is 9.90 Å². The molecule has 0 radical (unpaired) electrons. The summed E-state index contributed by atoms with van der Waals surface area (Å²) in [7, 11) is 0. The minimum Gasteiger partial charge on any atom is -0.393 e. The number of benzene rings is 1. The molecular formula is C19H23N3O2. The van der Waals surface area contributed by atoms with Crippen molar-refractivity contribution in [1.29, 1.82) is 0 Å². The highest BCUT2D eigenvalue weighted by molar-refractivity contribution is 6.03. The second-order valence-electron chi connectivity index (χ2n) is 6.12. The van der Waals surface area contributed by atoms with Gasteiger partial charge in [-0.2, -0.15) is 0 Å². The largest absolute Gasteiger partial charge is 0.393 e. The lowest BCUT2D eigenvalue weighted by Crippen LogP contribution is -2.35. The third kappa shape index (κ3) is 3.92.